The van der Waals surface area contributed by atoms with Crippen molar-refractivity contribution in [1.82, 2.24) is 0 Å². The summed E-state index contributed by atoms with van der Waals surface area (Å²) in [6.07, 6.45) is 0. The van der Waals surface area contributed by atoms with E-state index in [1.54, 1.807) is 37.3 Å². The molecule has 2 aromatic carbocycles. The van der Waals surface area contributed by atoms with Crippen molar-refractivity contribution in [1.29, 1.82) is 0 Å². The lowest BCUT2D eigenvalue weighted by atomic mass is 10.2. The Kier molecular flexibility index (Phi) is 6.38. The normalized spacial score (nSPS) is 10.0. The van der Waals surface area contributed by atoms with Gasteiger partial charge in [0.25, 0.3) is 0 Å². The quantitative estimate of drug-likeness (QED) is 0.540. The lowest BCUT2D eigenvalue weighted by Crippen LogP contribution is -2.19. The van der Waals surface area contributed by atoms with Gasteiger partial charge in [-0.25, -0.2) is 4.79 Å². The Balaban J connectivity index is 1.97. The minimum absolute atomic E-state index is 0.343. The Bertz CT molecular complexity index is 723. The Hall–Kier alpha value is -1.63. The van der Waals surface area contributed by atoms with Gasteiger partial charge >= 0.3 is 5.97 Å². The summed E-state index contributed by atoms with van der Waals surface area (Å²) in [5.41, 5.74) is 2.04. The summed E-state index contributed by atoms with van der Waals surface area (Å²) in [5.74, 6) is -0.343. The predicted molar refractivity (Wildman–Crippen MR) is 101 cm³/mol. The largest absolute Gasteiger partial charge is 0.462 e. The fourth-order valence-corrected chi connectivity index (χ4v) is 2.43. The van der Waals surface area contributed by atoms with E-state index in [1.165, 1.54) is 0 Å². The minimum Gasteiger partial charge on any atom is -0.462 e. The summed E-state index contributed by atoms with van der Waals surface area (Å²) in [6, 6.07) is 12.3. The third kappa shape index (κ3) is 5.20. The number of rotatable bonds is 4. The van der Waals surface area contributed by atoms with Gasteiger partial charge < -0.3 is 15.4 Å². The number of hydrogen-bond donors (Lipinski definition) is 2. The molecule has 120 valence electrons. The van der Waals surface area contributed by atoms with Crippen LogP contribution in [0.25, 0.3) is 0 Å². The fourth-order valence-electron chi connectivity index (χ4n) is 1.77. The Morgan fingerprint density at radius 3 is 2.39 bits per heavy atom. The molecule has 0 bridgehead atoms. The average molecular weight is 414 g/mol. The SMILES string of the molecule is CCOC(=O)c1ccc(NC(=S)Nc2ccc(Br)c(Cl)c2)cc1. The van der Waals surface area contributed by atoms with Crippen LogP contribution in [0.2, 0.25) is 5.02 Å². The van der Waals surface area contributed by atoms with Crippen molar-refractivity contribution in [2.75, 3.05) is 17.2 Å². The second-order valence-electron chi connectivity index (χ2n) is 4.51. The molecule has 0 heterocycles. The van der Waals surface area contributed by atoms with Crippen LogP contribution in [0.4, 0.5) is 11.4 Å². The molecule has 0 saturated carbocycles. The number of carbonyl (C=O) groups is 1. The Morgan fingerprint density at radius 2 is 1.78 bits per heavy atom. The highest BCUT2D eigenvalue weighted by molar-refractivity contribution is 9.10. The second kappa shape index (κ2) is 8.29. The number of carbonyl (C=O) groups excluding carboxylic acids is 1. The van der Waals surface area contributed by atoms with E-state index in [4.69, 9.17) is 28.6 Å². The molecule has 2 rings (SSSR count). The molecule has 0 fully saturated rings. The average Bonchev–Trinajstić information content (AvgIpc) is 2.52. The van der Waals surface area contributed by atoms with Gasteiger partial charge in [0.15, 0.2) is 5.11 Å². The molecular weight excluding hydrogens is 400 g/mol. The maximum absolute atomic E-state index is 11.6. The molecule has 2 aromatic rings. The number of nitrogens with one attached hydrogen (secondary N) is 2. The third-order valence-corrected chi connectivity index (χ3v) is 4.27. The number of esters is 1. The molecular formula is C16H14BrClN2O2S. The molecule has 0 unspecified atom stereocenters. The van der Waals surface area contributed by atoms with Crippen LogP contribution >= 0.6 is 39.7 Å². The topological polar surface area (TPSA) is 50.4 Å². The standard InChI is InChI=1S/C16H14BrClN2O2S/c1-2-22-15(21)10-3-5-11(6-4-10)19-16(23)20-12-7-8-13(17)14(18)9-12/h3-9H,2H2,1H3,(H2,19,20,23). The zero-order chi connectivity index (χ0) is 16.8. The zero-order valence-electron chi connectivity index (χ0n) is 12.2. The van der Waals surface area contributed by atoms with Crippen molar-refractivity contribution in [3.63, 3.8) is 0 Å². The van der Waals surface area contributed by atoms with Crippen molar-refractivity contribution in [3.8, 4) is 0 Å². The predicted octanol–water partition coefficient (Wildman–Crippen LogP) is 5.09. The molecule has 23 heavy (non-hydrogen) atoms. The molecule has 4 nitrogen and oxygen atoms in total. The highest BCUT2D eigenvalue weighted by Gasteiger charge is 2.06. The van der Waals surface area contributed by atoms with E-state index in [0.29, 0.717) is 22.3 Å². The highest BCUT2D eigenvalue weighted by atomic mass is 79.9. The number of hydrogen-bond acceptors (Lipinski definition) is 3. The van der Waals surface area contributed by atoms with Crippen LogP contribution in [-0.2, 0) is 4.74 Å². The van der Waals surface area contributed by atoms with Crippen LogP contribution in [0, 0.1) is 0 Å². The van der Waals surface area contributed by atoms with E-state index in [-0.39, 0.29) is 5.97 Å². The third-order valence-electron chi connectivity index (χ3n) is 2.83. The smallest absolute Gasteiger partial charge is 0.338 e. The molecule has 2 N–H and O–H groups in total. The first kappa shape index (κ1) is 17.7. The molecule has 0 amide bonds. The van der Waals surface area contributed by atoms with Crippen LogP contribution in [0.5, 0.6) is 0 Å². The Labute approximate surface area is 153 Å². The number of benzene rings is 2. The van der Waals surface area contributed by atoms with Crippen molar-refractivity contribution >= 4 is 62.2 Å². The molecule has 0 atom stereocenters. The number of ether oxygens (including phenoxy) is 1. The van der Waals surface area contributed by atoms with Gasteiger partial charge in [-0.3, -0.25) is 0 Å². The van der Waals surface area contributed by atoms with Crippen molar-refractivity contribution in [2.45, 2.75) is 6.92 Å². The molecule has 0 aromatic heterocycles. The maximum Gasteiger partial charge on any atom is 0.338 e. The van der Waals surface area contributed by atoms with E-state index >= 15 is 0 Å². The summed E-state index contributed by atoms with van der Waals surface area (Å²) in [5, 5.41) is 7.09. The van der Waals surface area contributed by atoms with E-state index in [0.717, 1.165) is 15.8 Å². The van der Waals surface area contributed by atoms with E-state index in [1.807, 2.05) is 12.1 Å². The van der Waals surface area contributed by atoms with Crippen LogP contribution < -0.4 is 10.6 Å². The van der Waals surface area contributed by atoms with Gasteiger partial charge in [-0.2, -0.15) is 0 Å². The molecule has 0 radical (unpaired) electrons. The maximum atomic E-state index is 11.6. The van der Waals surface area contributed by atoms with Gasteiger partial charge in [-0.05, 0) is 77.5 Å². The van der Waals surface area contributed by atoms with Gasteiger partial charge in [0, 0.05) is 15.8 Å². The number of anilines is 2. The van der Waals surface area contributed by atoms with Gasteiger partial charge in [0.2, 0.25) is 0 Å². The molecule has 0 aliphatic heterocycles. The molecule has 0 saturated heterocycles. The summed E-state index contributed by atoms with van der Waals surface area (Å²) in [6.45, 7) is 2.12. The first-order valence-electron chi connectivity index (χ1n) is 6.80. The minimum atomic E-state index is -0.343. The monoisotopic (exact) mass is 412 g/mol. The summed E-state index contributed by atoms with van der Waals surface area (Å²) < 4.78 is 5.75. The van der Waals surface area contributed by atoms with E-state index < -0.39 is 0 Å². The van der Waals surface area contributed by atoms with Gasteiger partial charge in [-0.15, -0.1) is 0 Å². The number of halogens is 2. The lowest BCUT2D eigenvalue weighted by molar-refractivity contribution is 0.0526. The molecule has 0 spiro atoms. The fraction of sp³-hybridized carbons (Fsp3) is 0.125. The summed E-state index contributed by atoms with van der Waals surface area (Å²) in [4.78, 5) is 11.6. The van der Waals surface area contributed by atoms with Crippen molar-refractivity contribution < 1.29 is 9.53 Å². The van der Waals surface area contributed by atoms with Crippen molar-refractivity contribution in [3.05, 3.63) is 57.5 Å². The van der Waals surface area contributed by atoms with E-state index in [9.17, 15) is 4.79 Å². The van der Waals surface area contributed by atoms with Crippen LogP contribution in [0.1, 0.15) is 17.3 Å². The molecule has 0 aliphatic rings. The number of thiocarbonyl (C=S) groups is 1. The van der Waals surface area contributed by atoms with Gasteiger partial charge in [-0.1, -0.05) is 11.6 Å². The zero-order valence-corrected chi connectivity index (χ0v) is 15.4. The summed E-state index contributed by atoms with van der Waals surface area (Å²) >= 11 is 14.6. The first-order chi connectivity index (χ1) is 11.0. The van der Waals surface area contributed by atoms with Crippen LogP contribution in [0.15, 0.2) is 46.9 Å². The second-order valence-corrected chi connectivity index (χ2v) is 6.18. The molecule has 7 heteroatoms. The van der Waals surface area contributed by atoms with Gasteiger partial charge in [0.1, 0.15) is 0 Å². The summed E-state index contributed by atoms with van der Waals surface area (Å²) in [7, 11) is 0. The lowest BCUT2D eigenvalue weighted by Gasteiger charge is -2.11. The Morgan fingerprint density at radius 1 is 1.17 bits per heavy atom. The van der Waals surface area contributed by atoms with Crippen LogP contribution in [0.3, 0.4) is 0 Å². The van der Waals surface area contributed by atoms with Gasteiger partial charge in [0.05, 0.1) is 17.2 Å². The first-order valence-corrected chi connectivity index (χ1v) is 8.37. The van der Waals surface area contributed by atoms with Crippen LogP contribution in [-0.4, -0.2) is 17.7 Å². The highest BCUT2D eigenvalue weighted by Crippen LogP contribution is 2.25. The molecule has 0 aliphatic carbocycles. The van der Waals surface area contributed by atoms with E-state index in [2.05, 4.69) is 26.6 Å². The van der Waals surface area contributed by atoms with Crippen molar-refractivity contribution in [2.24, 2.45) is 0 Å².